The summed E-state index contributed by atoms with van der Waals surface area (Å²) in [7, 11) is 0. The number of ether oxygens (including phenoxy) is 1. The van der Waals surface area contributed by atoms with E-state index >= 15 is 0 Å². The molecule has 1 aromatic heterocycles. The Labute approximate surface area is 108 Å². The molecule has 1 unspecified atom stereocenters. The predicted molar refractivity (Wildman–Crippen MR) is 71.4 cm³/mol. The Morgan fingerprint density at radius 2 is 2.37 bits per heavy atom. The second kappa shape index (κ2) is 4.33. The molecule has 2 aromatic rings. The smallest absolute Gasteiger partial charge is 0.248 e. The number of fused-ring (bicyclic) bond motifs is 3. The minimum absolute atomic E-state index is 0.127. The maximum absolute atomic E-state index is 11.4. The second-order valence-corrected chi connectivity index (χ2v) is 4.67. The van der Waals surface area contributed by atoms with Gasteiger partial charge < -0.3 is 9.72 Å². The van der Waals surface area contributed by atoms with Crippen LogP contribution in [-0.2, 0) is 6.42 Å². The summed E-state index contributed by atoms with van der Waals surface area (Å²) in [5, 5.41) is 4.60. The van der Waals surface area contributed by atoms with Gasteiger partial charge in [-0.2, -0.15) is 0 Å². The number of aromatic amines is 1. The highest BCUT2D eigenvalue weighted by atomic mass is 16.5. The van der Waals surface area contributed by atoms with Crippen LogP contribution < -0.4 is 10.3 Å². The standard InChI is InChI=1S/C13H12N4O2/c1-7-4-8-5-9(16-17-14)6-19-13(8)10-2-3-11(18)15-12(7)10/h2-4,9H,5-6H2,1H3,(H,15,18). The summed E-state index contributed by atoms with van der Waals surface area (Å²) >= 11 is 0. The largest absolute Gasteiger partial charge is 0.492 e. The van der Waals surface area contributed by atoms with E-state index in [9.17, 15) is 4.79 Å². The summed E-state index contributed by atoms with van der Waals surface area (Å²) in [4.78, 5) is 17.0. The van der Waals surface area contributed by atoms with Crippen molar-refractivity contribution in [2.45, 2.75) is 19.4 Å². The van der Waals surface area contributed by atoms with Crippen LogP contribution in [0.5, 0.6) is 5.75 Å². The molecule has 0 saturated heterocycles. The molecular formula is C13H12N4O2. The van der Waals surface area contributed by atoms with Gasteiger partial charge in [-0.15, -0.1) is 0 Å². The van der Waals surface area contributed by atoms with E-state index in [2.05, 4.69) is 15.0 Å². The van der Waals surface area contributed by atoms with Gasteiger partial charge >= 0.3 is 0 Å². The molecule has 1 atom stereocenters. The van der Waals surface area contributed by atoms with Crippen molar-refractivity contribution in [1.29, 1.82) is 0 Å². The van der Waals surface area contributed by atoms with Crippen LogP contribution in [0.25, 0.3) is 21.3 Å². The van der Waals surface area contributed by atoms with Gasteiger partial charge in [0, 0.05) is 16.4 Å². The Morgan fingerprint density at radius 1 is 1.53 bits per heavy atom. The fourth-order valence-electron chi connectivity index (χ4n) is 2.51. The summed E-state index contributed by atoms with van der Waals surface area (Å²) in [5.74, 6) is 0.779. The van der Waals surface area contributed by atoms with Gasteiger partial charge in [0.25, 0.3) is 0 Å². The van der Waals surface area contributed by atoms with Gasteiger partial charge in [-0.05, 0) is 36.1 Å². The summed E-state index contributed by atoms with van der Waals surface area (Å²) in [6, 6.07) is 5.07. The first-order valence-electron chi connectivity index (χ1n) is 6.01. The van der Waals surface area contributed by atoms with Gasteiger partial charge in [0.15, 0.2) is 0 Å². The van der Waals surface area contributed by atoms with Gasteiger partial charge in [-0.25, -0.2) is 0 Å². The molecule has 2 heterocycles. The third-order valence-corrected chi connectivity index (χ3v) is 3.33. The monoisotopic (exact) mass is 256 g/mol. The molecule has 0 amide bonds. The molecule has 0 saturated carbocycles. The lowest BCUT2D eigenvalue weighted by Gasteiger charge is -2.24. The first kappa shape index (κ1) is 11.6. The number of rotatable bonds is 1. The van der Waals surface area contributed by atoms with Crippen molar-refractivity contribution in [1.82, 2.24) is 4.98 Å². The van der Waals surface area contributed by atoms with Crippen molar-refractivity contribution in [3.05, 3.63) is 50.1 Å². The van der Waals surface area contributed by atoms with Crippen LogP contribution in [0.2, 0.25) is 0 Å². The van der Waals surface area contributed by atoms with Crippen molar-refractivity contribution < 1.29 is 4.74 Å². The molecule has 3 rings (SSSR count). The molecule has 0 radical (unpaired) electrons. The van der Waals surface area contributed by atoms with E-state index in [-0.39, 0.29) is 11.6 Å². The normalized spacial score (nSPS) is 17.4. The Kier molecular flexibility index (Phi) is 2.65. The van der Waals surface area contributed by atoms with E-state index in [1.165, 1.54) is 6.07 Å². The number of azide groups is 1. The zero-order valence-corrected chi connectivity index (χ0v) is 10.4. The second-order valence-electron chi connectivity index (χ2n) is 4.67. The molecule has 6 heteroatoms. The van der Waals surface area contributed by atoms with E-state index in [1.807, 2.05) is 13.0 Å². The molecule has 19 heavy (non-hydrogen) atoms. The van der Waals surface area contributed by atoms with E-state index < -0.39 is 0 Å². The van der Waals surface area contributed by atoms with Gasteiger partial charge in [0.2, 0.25) is 5.56 Å². The number of H-pyrrole nitrogens is 1. The molecule has 0 fully saturated rings. The number of nitrogens with zero attached hydrogens (tertiary/aromatic N) is 3. The molecule has 0 aliphatic carbocycles. The van der Waals surface area contributed by atoms with Crippen molar-refractivity contribution in [2.24, 2.45) is 5.11 Å². The maximum atomic E-state index is 11.4. The van der Waals surface area contributed by atoms with Crippen molar-refractivity contribution in [3.8, 4) is 5.75 Å². The summed E-state index contributed by atoms with van der Waals surface area (Å²) in [6.07, 6.45) is 0.662. The molecule has 1 N–H and O–H groups in total. The van der Waals surface area contributed by atoms with Crippen LogP contribution in [0.1, 0.15) is 11.1 Å². The SMILES string of the molecule is Cc1cc2c(c3ccc(=O)[nH]c13)OCC(N=[N+]=[N-])C2. The third-order valence-electron chi connectivity index (χ3n) is 3.33. The molecule has 0 bridgehead atoms. The van der Waals surface area contributed by atoms with Crippen LogP contribution in [0.4, 0.5) is 0 Å². The summed E-state index contributed by atoms with van der Waals surface area (Å²) in [6.45, 7) is 2.31. The van der Waals surface area contributed by atoms with E-state index in [0.29, 0.717) is 13.0 Å². The predicted octanol–water partition coefficient (Wildman–Crippen LogP) is 2.45. The lowest BCUT2D eigenvalue weighted by Crippen LogP contribution is -2.24. The zero-order chi connectivity index (χ0) is 13.4. The number of aromatic nitrogens is 1. The Hall–Kier alpha value is -2.46. The average Bonchev–Trinajstić information content (AvgIpc) is 2.39. The minimum atomic E-state index is -0.169. The lowest BCUT2D eigenvalue weighted by atomic mass is 9.97. The molecule has 1 aliphatic heterocycles. The number of nitrogens with one attached hydrogen (secondary N) is 1. The Morgan fingerprint density at radius 3 is 3.16 bits per heavy atom. The van der Waals surface area contributed by atoms with Crippen LogP contribution in [0, 0.1) is 6.92 Å². The highest BCUT2D eigenvalue weighted by molar-refractivity contribution is 5.89. The van der Waals surface area contributed by atoms with Gasteiger partial charge in [0.05, 0.1) is 18.2 Å². The lowest BCUT2D eigenvalue weighted by molar-refractivity contribution is 0.267. The molecule has 6 nitrogen and oxygen atoms in total. The number of pyridine rings is 1. The molecule has 96 valence electrons. The highest BCUT2D eigenvalue weighted by Gasteiger charge is 2.21. The fourth-order valence-corrected chi connectivity index (χ4v) is 2.51. The summed E-state index contributed by atoms with van der Waals surface area (Å²) in [5.41, 5.74) is 11.2. The molecule has 0 spiro atoms. The van der Waals surface area contributed by atoms with Crippen LogP contribution in [0.3, 0.4) is 0 Å². The van der Waals surface area contributed by atoms with Crippen LogP contribution in [0.15, 0.2) is 28.1 Å². The highest BCUT2D eigenvalue weighted by Crippen LogP contribution is 2.34. The first-order chi connectivity index (χ1) is 9.19. The average molecular weight is 256 g/mol. The number of benzene rings is 1. The fraction of sp³-hybridized carbons (Fsp3) is 0.308. The van der Waals surface area contributed by atoms with Gasteiger partial charge in [-0.3, -0.25) is 4.79 Å². The Balaban J connectivity index is 2.21. The third kappa shape index (κ3) is 1.92. The van der Waals surface area contributed by atoms with Crippen molar-refractivity contribution >= 4 is 10.9 Å². The van der Waals surface area contributed by atoms with E-state index in [1.54, 1.807) is 6.07 Å². The van der Waals surface area contributed by atoms with Gasteiger partial charge in [0.1, 0.15) is 5.75 Å². The summed E-state index contributed by atoms with van der Waals surface area (Å²) < 4.78 is 5.71. The van der Waals surface area contributed by atoms with Crippen molar-refractivity contribution in [3.63, 3.8) is 0 Å². The topological polar surface area (TPSA) is 90.9 Å². The van der Waals surface area contributed by atoms with Crippen LogP contribution >= 0.6 is 0 Å². The minimum Gasteiger partial charge on any atom is -0.492 e. The van der Waals surface area contributed by atoms with E-state index in [4.69, 9.17) is 10.3 Å². The Bertz CT molecular complexity index is 759. The number of hydrogen-bond donors (Lipinski definition) is 1. The van der Waals surface area contributed by atoms with E-state index in [0.717, 1.165) is 27.8 Å². The first-order valence-corrected chi connectivity index (χ1v) is 6.01. The quantitative estimate of drug-likeness (QED) is 0.482. The number of aryl methyl sites for hydroxylation is 1. The molecule has 1 aliphatic rings. The zero-order valence-electron chi connectivity index (χ0n) is 10.4. The van der Waals surface area contributed by atoms with Crippen molar-refractivity contribution in [2.75, 3.05) is 6.61 Å². The molecular weight excluding hydrogens is 244 g/mol. The number of hydrogen-bond acceptors (Lipinski definition) is 3. The van der Waals surface area contributed by atoms with Gasteiger partial charge in [-0.1, -0.05) is 11.2 Å². The maximum Gasteiger partial charge on any atom is 0.248 e. The van der Waals surface area contributed by atoms with Crippen LogP contribution in [-0.4, -0.2) is 17.6 Å². The molecule has 1 aromatic carbocycles.